The summed E-state index contributed by atoms with van der Waals surface area (Å²) in [6.45, 7) is 0.168. The Balaban J connectivity index is 1.62. The molecule has 1 fully saturated rings. The van der Waals surface area contributed by atoms with Crippen molar-refractivity contribution in [3.63, 3.8) is 0 Å². The smallest absolute Gasteiger partial charge is 0.407 e. The number of hydrogen-bond donors (Lipinski definition) is 2. The van der Waals surface area contributed by atoms with Crippen LogP contribution in [0.3, 0.4) is 0 Å². The number of benzene rings is 2. The second kappa shape index (κ2) is 7.46. The van der Waals surface area contributed by atoms with Gasteiger partial charge in [-0.2, -0.15) is 0 Å². The van der Waals surface area contributed by atoms with Crippen molar-refractivity contribution in [2.45, 2.75) is 18.9 Å². The molecule has 150 valence electrons. The van der Waals surface area contributed by atoms with Gasteiger partial charge in [0.1, 0.15) is 23.5 Å². The molecule has 1 aromatic heterocycles. The number of hydrogen-bond acceptors (Lipinski definition) is 5. The van der Waals surface area contributed by atoms with Crippen molar-refractivity contribution < 1.29 is 24.0 Å². The molecule has 1 unspecified atom stereocenters. The molecule has 2 aromatic carbocycles. The zero-order valence-corrected chi connectivity index (χ0v) is 15.7. The van der Waals surface area contributed by atoms with Crippen LogP contribution in [0.5, 0.6) is 5.75 Å². The Bertz CT molecular complexity index is 1040. The molecule has 0 aliphatic carbocycles. The first-order valence-corrected chi connectivity index (χ1v) is 9.30. The number of carbonyl (C=O) groups is 2. The lowest BCUT2D eigenvalue weighted by molar-refractivity contribution is -0.131. The Morgan fingerprint density at radius 2 is 2.03 bits per heavy atom. The lowest BCUT2D eigenvalue weighted by Crippen LogP contribution is -2.53. The number of amides is 2. The summed E-state index contributed by atoms with van der Waals surface area (Å²) in [5, 5.41) is 15.4. The number of carbonyl (C=O) groups excluding carboxylic acids is 1. The van der Waals surface area contributed by atoms with Gasteiger partial charge in [0.15, 0.2) is 0 Å². The Hall–Kier alpha value is -3.55. The molecule has 2 amide bonds. The van der Waals surface area contributed by atoms with Gasteiger partial charge in [-0.05, 0) is 29.3 Å². The molecule has 2 heterocycles. The van der Waals surface area contributed by atoms with Gasteiger partial charge in [-0.15, -0.1) is 0 Å². The highest BCUT2D eigenvalue weighted by Crippen LogP contribution is 2.39. The van der Waals surface area contributed by atoms with Crippen LogP contribution < -0.4 is 10.5 Å². The predicted octanol–water partition coefficient (Wildman–Crippen LogP) is 2.67. The summed E-state index contributed by atoms with van der Waals surface area (Å²) in [4.78, 5) is 25.5. The van der Waals surface area contributed by atoms with E-state index in [1.807, 2.05) is 42.5 Å². The molecular formula is C21H21N3O5. The minimum Gasteiger partial charge on any atom is -0.492 e. The highest BCUT2D eigenvalue weighted by molar-refractivity contribution is 5.85. The van der Waals surface area contributed by atoms with Crippen molar-refractivity contribution in [3.8, 4) is 5.75 Å². The van der Waals surface area contributed by atoms with Gasteiger partial charge in [-0.3, -0.25) is 4.79 Å². The van der Waals surface area contributed by atoms with Crippen molar-refractivity contribution in [1.82, 2.24) is 10.1 Å². The van der Waals surface area contributed by atoms with Crippen molar-refractivity contribution in [3.05, 3.63) is 60.5 Å². The fourth-order valence-corrected chi connectivity index (χ4v) is 4.01. The fraction of sp³-hybridized carbons (Fsp3) is 0.286. The standard InChI is InChI=1S/C21H21N3O5/c22-19(25)21(13-28-16-6-5-14-3-1-2-4-15(14)11-16)8-10-24(20(26)27)18(21)12-17-7-9-23-29-17/h1-7,9,11,18H,8,10,12-13H2,(H2,22,25)(H,26,27)/t18-,21?/m1/s1. The molecule has 1 aliphatic heterocycles. The van der Waals surface area contributed by atoms with Gasteiger partial charge in [0.05, 0.1) is 12.2 Å². The van der Waals surface area contributed by atoms with Gasteiger partial charge in [0, 0.05) is 19.0 Å². The Morgan fingerprint density at radius 3 is 2.72 bits per heavy atom. The minimum atomic E-state index is -1.17. The van der Waals surface area contributed by atoms with Crippen molar-refractivity contribution in [2.24, 2.45) is 11.1 Å². The molecule has 3 N–H and O–H groups in total. The van der Waals surface area contributed by atoms with E-state index in [1.54, 1.807) is 6.07 Å². The summed E-state index contributed by atoms with van der Waals surface area (Å²) in [6, 6.07) is 14.5. The third-order valence-corrected chi connectivity index (χ3v) is 5.65. The van der Waals surface area contributed by atoms with Crippen LogP contribution in [0, 0.1) is 5.41 Å². The molecular weight excluding hydrogens is 374 g/mol. The number of rotatable bonds is 6. The Labute approximate surface area is 166 Å². The van der Waals surface area contributed by atoms with E-state index in [0.29, 0.717) is 11.5 Å². The van der Waals surface area contributed by atoms with Crippen LogP contribution in [-0.2, 0) is 11.2 Å². The zero-order valence-electron chi connectivity index (χ0n) is 15.7. The van der Waals surface area contributed by atoms with Crippen LogP contribution >= 0.6 is 0 Å². The molecule has 4 rings (SSSR count). The predicted molar refractivity (Wildman–Crippen MR) is 104 cm³/mol. The number of nitrogens with zero attached hydrogens (tertiary/aromatic N) is 2. The quantitative estimate of drug-likeness (QED) is 0.662. The molecule has 8 heteroatoms. The largest absolute Gasteiger partial charge is 0.492 e. The summed E-state index contributed by atoms with van der Waals surface area (Å²) >= 11 is 0. The fourth-order valence-electron chi connectivity index (χ4n) is 4.01. The Morgan fingerprint density at radius 1 is 1.24 bits per heavy atom. The van der Waals surface area contributed by atoms with Crippen LogP contribution in [0.25, 0.3) is 10.8 Å². The maximum absolute atomic E-state index is 12.5. The highest BCUT2D eigenvalue weighted by Gasteiger charge is 2.54. The number of carboxylic acid groups (broad SMARTS) is 1. The van der Waals surface area contributed by atoms with E-state index in [2.05, 4.69) is 5.16 Å². The highest BCUT2D eigenvalue weighted by atomic mass is 16.5. The number of primary amides is 1. The first-order valence-electron chi connectivity index (χ1n) is 9.30. The summed E-state index contributed by atoms with van der Waals surface area (Å²) in [5.74, 6) is 0.488. The summed E-state index contributed by atoms with van der Waals surface area (Å²) in [6.07, 6.45) is 0.841. The van der Waals surface area contributed by atoms with Crippen LogP contribution in [0.2, 0.25) is 0 Å². The molecule has 1 aliphatic rings. The number of likely N-dealkylation sites (tertiary alicyclic amines) is 1. The molecule has 3 aromatic rings. The van der Waals surface area contributed by atoms with E-state index in [1.165, 1.54) is 11.1 Å². The first-order chi connectivity index (χ1) is 14.0. The zero-order chi connectivity index (χ0) is 20.4. The lowest BCUT2D eigenvalue weighted by Gasteiger charge is -2.34. The van der Waals surface area contributed by atoms with Gasteiger partial charge < -0.3 is 25.0 Å². The van der Waals surface area contributed by atoms with E-state index in [0.717, 1.165) is 10.8 Å². The van der Waals surface area contributed by atoms with Gasteiger partial charge in [-0.1, -0.05) is 35.5 Å². The average molecular weight is 395 g/mol. The molecule has 1 saturated heterocycles. The maximum atomic E-state index is 12.5. The SMILES string of the molecule is NC(=O)C1(COc2ccc3ccccc3c2)CCN(C(=O)O)[C@@H]1Cc1ccno1. The molecule has 0 radical (unpaired) electrons. The maximum Gasteiger partial charge on any atom is 0.407 e. The molecule has 0 bridgehead atoms. The Kier molecular flexibility index (Phi) is 4.84. The monoisotopic (exact) mass is 395 g/mol. The third kappa shape index (κ3) is 3.49. The van der Waals surface area contributed by atoms with E-state index in [4.69, 9.17) is 15.0 Å². The third-order valence-electron chi connectivity index (χ3n) is 5.65. The van der Waals surface area contributed by atoms with Crippen molar-refractivity contribution >= 4 is 22.8 Å². The van der Waals surface area contributed by atoms with E-state index < -0.39 is 23.5 Å². The average Bonchev–Trinajstić information content (AvgIpc) is 3.35. The second-order valence-corrected chi connectivity index (χ2v) is 7.24. The topological polar surface area (TPSA) is 119 Å². The summed E-state index contributed by atoms with van der Waals surface area (Å²) in [7, 11) is 0. The molecule has 29 heavy (non-hydrogen) atoms. The van der Waals surface area contributed by atoms with Gasteiger partial charge in [0.25, 0.3) is 0 Å². The first kappa shape index (κ1) is 18.8. The number of ether oxygens (including phenoxy) is 1. The van der Waals surface area contributed by atoms with Crippen LogP contribution in [0.4, 0.5) is 4.79 Å². The van der Waals surface area contributed by atoms with Crippen molar-refractivity contribution in [2.75, 3.05) is 13.2 Å². The van der Waals surface area contributed by atoms with Gasteiger partial charge >= 0.3 is 6.09 Å². The van der Waals surface area contributed by atoms with E-state index >= 15 is 0 Å². The van der Waals surface area contributed by atoms with Crippen LogP contribution in [0.1, 0.15) is 12.2 Å². The summed E-state index contributed by atoms with van der Waals surface area (Å²) < 4.78 is 11.1. The summed E-state index contributed by atoms with van der Waals surface area (Å²) in [5.41, 5.74) is 4.61. The van der Waals surface area contributed by atoms with E-state index in [-0.39, 0.29) is 26.0 Å². The number of aromatic nitrogens is 1. The van der Waals surface area contributed by atoms with Crippen LogP contribution in [-0.4, -0.2) is 46.4 Å². The molecule has 2 atom stereocenters. The normalized spacial score (nSPS) is 21.4. The minimum absolute atomic E-state index is 0.0245. The van der Waals surface area contributed by atoms with Crippen molar-refractivity contribution in [1.29, 1.82) is 0 Å². The molecule has 0 spiro atoms. The van der Waals surface area contributed by atoms with E-state index in [9.17, 15) is 14.7 Å². The van der Waals surface area contributed by atoms with Crippen LogP contribution in [0.15, 0.2) is 59.3 Å². The number of nitrogens with two attached hydrogens (primary N) is 1. The number of fused-ring (bicyclic) bond motifs is 1. The van der Waals surface area contributed by atoms with Gasteiger partial charge in [-0.25, -0.2) is 4.79 Å². The van der Waals surface area contributed by atoms with Gasteiger partial charge in [0.2, 0.25) is 5.91 Å². The lowest BCUT2D eigenvalue weighted by atomic mass is 9.78. The molecule has 0 saturated carbocycles. The second-order valence-electron chi connectivity index (χ2n) is 7.24. The molecule has 8 nitrogen and oxygen atoms in total.